The van der Waals surface area contributed by atoms with Gasteiger partial charge in [0.25, 0.3) is 0 Å². The van der Waals surface area contributed by atoms with Gasteiger partial charge >= 0.3 is 17.9 Å². The van der Waals surface area contributed by atoms with Gasteiger partial charge in [-0.25, -0.2) is 4.79 Å². The Balaban J connectivity index is 1.40. The zero-order valence-electron chi connectivity index (χ0n) is 22.3. The second-order valence-corrected chi connectivity index (χ2v) is 11.8. The zero-order chi connectivity index (χ0) is 27.5. The Kier molecular flexibility index (Phi) is 6.47. The van der Waals surface area contributed by atoms with E-state index < -0.39 is 53.2 Å². The lowest BCUT2D eigenvalue weighted by Crippen LogP contribution is -2.56. The lowest BCUT2D eigenvalue weighted by molar-refractivity contribution is -0.161. The van der Waals surface area contributed by atoms with Gasteiger partial charge in [0, 0.05) is 30.3 Å². The minimum absolute atomic E-state index is 0.0334. The van der Waals surface area contributed by atoms with Crippen LogP contribution in [-0.4, -0.2) is 78.9 Å². The number of carbonyl (C=O) groups is 5. The molecule has 2 saturated heterocycles. The molecule has 2 aliphatic heterocycles. The summed E-state index contributed by atoms with van der Waals surface area (Å²) < 4.78 is 15.5. The van der Waals surface area contributed by atoms with Gasteiger partial charge in [-0.05, 0) is 17.4 Å². The maximum atomic E-state index is 14.1. The highest BCUT2D eigenvalue weighted by Crippen LogP contribution is 2.60. The number of esters is 3. The average Bonchev–Trinajstić information content (AvgIpc) is 3.69. The summed E-state index contributed by atoms with van der Waals surface area (Å²) in [6, 6.07) is 7.34. The molecule has 10 nitrogen and oxygen atoms in total. The van der Waals surface area contributed by atoms with Crippen molar-refractivity contribution in [1.82, 2.24) is 9.80 Å². The van der Waals surface area contributed by atoms with Crippen LogP contribution in [0.3, 0.4) is 0 Å². The monoisotopic (exact) mass is 526 g/mol. The predicted molar refractivity (Wildman–Crippen MR) is 132 cm³/mol. The molecule has 0 aromatic heterocycles. The number of nitrogens with zero attached hydrogens (tertiary/aromatic N) is 2. The van der Waals surface area contributed by atoms with E-state index >= 15 is 0 Å². The van der Waals surface area contributed by atoms with Crippen molar-refractivity contribution >= 4 is 29.7 Å². The van der Waals surface area contributed by atoms with Gasteiger partial charge in [-0.1, -0.05) is 51.1 Å². The fraction of sp³-hybridized carbons (Fsp3) is 0.607. The van der Waals surface area contributed by atoms with Crippen molar-refractivity contribution in [1.29, 1.82) is 0 Å². The lowest BCUT2D eigenvalue weighted by Gasteiger charge is -2.37. The van der Waals surface area contributed by atoms with Crippen LogP contribution < -0.4 is 0 Å². The first-order valence-corrected chi connectivity index (χ1v) is 13.0. The zero-order valence-corrected chi connectivity index (χ0v) is 22.3. The highest BCUT2D eigenvalue weighted by Gasteiger charge is 2.72. The van der Waals surface area contributed by atoms with Crippen molar-refractivity contribution in [2.24, 2.45) is 40.9 Å². The largest absolute Gasteiger partial charge is 0.469 e. The van der Waals surface area contributed by atoms with Crippen LogP contribution in [0.25, 0.3) is 0 Å². The maximum Gasteiger partial charge on any atom is 0.329 e. The normalized spacial score (nSPS) is 32.7. The highest BCUT2D eigenvalue weighted by atomic mass is 16.5. The summed E-state index contributed by atoms with van der Waals surface area (Å²) >= 11 is 0. The standard InChI is InChI=1S/C28H34N2O8/c1-28(2,3)27(35)30-12-16-17(19(16)24(32)36-4)21(30)23(31)29-11-15-18(20(15)25(33)37-5)22(29)26(34)38-13-14-9-7-6-8-10-14/h6-10,15-22H,11-13H2,1-5H3/t15-,16-,17+,18+,19+,20+,21-,22-/m0/s1. The Hall–Kier alpha value is -3.43. The lowest BCUT2D eigenvalue weighted by atomic mass is 9.93. The second kappa shape index (κ2) is 9.39. The third kappa shape index (κ3) is 4.23. The molecule has 10 heteroatoms. The van der Waals surface area contributed by atoms with Crippen molar-refractivity contribution in [3.63, 3.8) is 0 Å². The van der Waals surface area contributed by atoms with Crippen molar-refractivity contribution in [3.05, 3.63) is 35.9 Å². The topological polar surface area (TPSA) is 120 Å². The Bertz CT molecular complexity index is 1160. The molecule has 4 aliphatic rings. The van der Waals surface area contributed by atoms with Crippen molar-refractivity contribution in [3.8, 4) is 0 Å². The molecule has 204 valence electrons. The van der Waals surface area contributed by atoms with Gasteiger partial charge in [-0.2, -0.15) is 0 Å². The summed E-state index contributed by atoms with van der Waals surface area (Å²) in [5, 5.41) is 0. The first-order valence-electron chi connectivity index (χ1n) is 13.0. The summed E-state index contributed by atoms with van der Waals surface area (Å²) in [6.07, 6.45) is 0. The summed E-state index contributed by atoms with van der Waals surface area (Å²) in [7, 11) is 2.61. The Morgan fingerprint density at radius 2 is 1.32 bits per heavy atom. The third-order valence-electron chi connectivity index (χ3n) is 8.53. The molecule has 4 fully saturated rings. The van der Waals surface area contributed by atoms with E-state index in [9.17, 15) is 24.0 Å². The van der Waals surface area contributed by atoms with Gasteiger partial charge in [0.2, 0.25) is 11.8 Å². The SMILES string of the molecule is COC(=O)[C@@H]1[C@H]2CN(C(=O)[C@@H]3[C@@H]4[C@H](CN3C(=O)C(C)(C)C)[C@H]4C(=O)OC)[C@H](C(=O)OCc3ccccc3)[C@H]21. The average molecular weight is 527 g/mol. The molecule has 0 unspecified atom stereocenters. The van der Waals surface area contributed by atoms with Gasteiger partial charge in [0.1, 0.15) is 18.7 Å². The van der Waals surface area contributed by atoms with Crippen LogP contribution >= 0.6 is 0 Å². The van der Waals surface area contributed by atoms with E-state index in [1.165, 1.54) is 19.1 Å². The molecule has 2 aliphatic carbocycles. The van der Waals surface area contributed by atoms with Crippen molar-refractivity contribution < 1.29 is 38.2 Å². The second-order valence-electron chi connectivity index (χ2n) is 11.8. The van der Waals surface area contributed by atoms with Gasteiger partial charge in [0.15, 0.2) is 0 Å². The summed E-state index contributed by atoms with van der Waals surface area (Å²) in [5.74, 6) is -4.07. The highest BCUT2D eigenvalue weighted by molar-refractivity contribution is 5.96. The van der Waals surface area contributed by atoms with Gasteiger partial charge < -0.3 is 24.0 Å². The number of amides is 2. The van der Waals surface area contributed by atoms with Crippen LogP contribution in [0.2, 0.25) is 0 Å². The molecule has 1 aromatic rings. The first kappa shape index (κ1) is 26.2. The van der Waals surface area contributed by atoms with Crippen LogP contribution in [0.5, 0.6) is 0 Å². The molecule has 38 heavy (non-hydrogen) atoms. The van der Waals surface area contributed by atoms with E-state index in [1.807, 2.05) is 30.3 Å². The first-order chi connectivity index (χ1) is 18.0. The number of ether oxygens (including phenoxy) is 3. The van der Waals surface area contributed by atoms with Crippen LogP contribution in [-0.2, 0) is 44.8 Å². The summed E-state index contributed by atoms with van der Waals surface area (Å²) in [6.45, 7) is 5.86. The number of rotatable bonds is 6. The summed E-state index contributed by atoms with van der Waals surface area (Å²) in [5.41, 5.74) is 0.0702. The van der Waals surface area contributed by atoms with Crippen LogP contribution in [0.1, 0.15) is 26.3 Å². The fourth-order valence-electron chi connectivity index (χ4n) is 6.60. The Morgan fingerprint density at radius 1 is 0.789 bits per heavy atom. The number of hydrogen-bond donors (Lipinski definition) is 0. The summed E-state index contributed by atoms with van der Waals surface area (Å²) in [4.78, 5) is 68.6. The molecule has 0 spiro atoms. The molecule has 0 bridgehead atoms. The molecule has 0 N–H and O–H groups in total. The van der Waals surface area contributed by atoms with E-state index in [0.717, 1.165) is 5.56 Å². The maximum absolute atomic E-state index is 14.1. The Labute approximate surface area is 221 Å². The van der Waals surface area contributed by atoms with Crippen LogP contribution in [0.4, 0.5) is 0 Å². The number of fused-ring (bicyclic) bond motifs is 2. The number of piperidine rings is 2. The van der Waals surface area contributed by atoms with Crippen molar-refractivity contribution in [2.75, 3.05) is 27.3 Å². The third-order valence-corrected chi connectivity index (χ3v) is 8.53. The number of hydrogen-bond acceptors (Lipinski definition) is 8. The number of carbonyl (C=O) groups excluding carboxylic acids is 5. The van der Waals surface area contributed by atoms with E-state index in [0.29, 0.717) is 0 Å². The van der Waals surface area contributed by atoms with Crippen LogP contribution in [0, 0.1) is 40.9 Å². The molecule has 2 heterocycles. The van der Waals surface area contributed by atoms with E-state index in [1.54, 1.807) is 25.7 Å². The minimum Gasteiger partial charge on any atom is -0.469 e. The van der Waals surface area contributed by atoms with Gasteiger partial charge in [-0.15, -0.1) is 0 Å². The van der Waals surface area contributed by atoms with E-state index in [4.69, 9.17) is 14.2 Å². The fourth-order valence-corrected chi connectivity index (χ4v) is 6.60. The van der Waals surface area contributed by atoms with Gasteiger partial charge in [0.05, 0.1) is 26.1 Å². The van der Waals surface area contributed by atoms with E-state index in [2.05, 4.69) is 0 Å². The smallest absolute Gasteiger partial charge is 0.329 e. The molecule has 0 radical (unpaired) electrons. The molecular formula is C28H34N2O8. The molecule has 2 saturated carbocycles. The van der Waals surface area contributed by atoms with Crippen LogP contribution in [0.15, 0.2) is 30.3 Å². The number of benzene rings is 1. The molecule has 8 atom stereocenters. The minimum atomic E-state index is -0.971. The Morgan fingerprint density at radius 3 is 1.84 bits per heavy atom. The number of methoxy groups -OCH3 is 2. The van der Waals surface area contributed by atoms with Gasteiger partial charge in [-0.3, -0.25) is 19.2 Å². The molecular weight excluding hydrogens is 492 g/mol. The number of likely N-dealkylation sites (tertiary alicyclic amines) is 2. The quantitative estimate of drug-likeness (QED) is 0.402. The van der Waals surface area contributed by atoms with Crippen molar-refractivity contribution in [2.45, 2.75) is 39.5 Å². The molecule has 1 aromatic carbocycles. The molecule has 2 amide bonds. The van der Waals surface area contributed by atoms with E-state index in [-0.39, 0.29) is 49.3 Å². The molecule has 5 rings (SSSR count). The predicted octanol–water partition coefficient (Wildman–Crippen LogP) is 1.27.